The summed E-state index contributed by atoms with van der Waals surface area (Å²) < 4.78 is 25.5. The van der Waals surface area contributed by atoms with Gasteiger partial charge in [-0.2, -0.15) is 0 Å². The van der Waals surface area contributed by atoms with Crippen LogP contribution in [-0.2, 0) is 17.8 Å². The van der Waals surface area contributed by atoms with Gasteiger partial charge in [0.2, 0.25) is 5.91 Å². The van der Waals surface area contributed by atoms with Crippen LogP contribution in [0.2, 0.25) is 0 Å². The van der Waals surface area contributed by atoms with E-state index < -0.39 is 17.6 Å². The molecule has 0 aliphatic carbocycles. The van der Waals surface area contributed by atoms with Gasteiger partial charge in [0.05, 0.1) is 25.7 Å². The molecule has 0 bridgehead atoms. The number of likely N-dealkylation sites (tertiary alicyclic amines) is 1. The number of methoxy groups -OCH3 is 2. The Kier molecular flexibility index (Phi) is 6.63. The lowest BCUT2D eigenvalue weighted by Crippen LogP contribution is -2.42. The summed E-state index contributed by atoms with van der Waals surface area (Å²) in [7, 11) is 3.17. The van der Waals surface area contributed by atoms with Crippen LogP contribution in [0.3, 0.4) is 0 Å². The molecule has 186 valence electrons. The summed E-state index contributed by atoms with van der Waals surface area (Å²) in [6.07, 6.45) is 0.791. The first kappa shape index (κ1) is 23.9. The molecule has 0 radical (unpaired) electrons. The number of hydrogen-bond acceptors (Lipinski definition) is 4. The second kappa shape index (κ2) is 10.0. The standard InChI is InChI=1S/C29H29FN2O4/c1-35-21-11-12-27(36-2)23(15-21)24-17-32(28(33)22-9-5-6-10-26(22)30)18-25(24)29(34)31-14-13-19-7-3-4-8-20(19)16-31/h3-12,15,24-25H,13-14,16-18H2,1-2H3. The summed E-state index contributed by atoms with van der Waals surface area (Å²) >= 11 is 0. The number of amides is 2. The van der Waals surface area contributed by atoms with E-state index in [1.165, 1.54) is 17.7 Å². The maximum Gasteiger partial charge on any atom is 0.256 e. The third kappa shape index (κ3) is 4.41. The first-order valence-electron chi connectivity index (χ1n) is 12.1. The molecule has 6 nitrogen and oxygen atoms in total. The summed E-state index contributed by atoms with van der Waals surface area (Å²) in [5, 5.41) is 0. The second-order valence-electron chi connectivity index (χ2n) is 9.29. The van der Waals surface area contributed by atoms with Gasteiger partial charge in [-0.05, 0) is 47.9 Å². The zero-order valence-corrected chi connectivity index (χ0v) is 20.4. The van der Waals surface area contributed by atoms with E-state index in [0.717, 1.165) is 17.5 Å². The van der Waals surface area contributed by atoms with Gasteiger partial charge in [-0.25, -0.2) is 4.39 Å². The molecule has 2 aliphatic heterocycles. The number of carbonyl (C=O) groups excluding carboxylic acids is 2. The molecule has 0 saturated carbocycles. The average molecular weight is 489 g/mol. The van der Waals surface area contributed by atoms with Crippen LogP contribution in [0.1, 0.15) is 33.0 Å². The van der Waals surface area contributed by atoms with Crippen molar-refractivity contribution < 1.29 is 23.5 Å². The number of halogens is 1. The van der Waals surface area contributed by atoms with E-state index >= 15 is 0 Å². The van der Waals surface area contributed by atoms with E-state index in [2.05, 4.69) is 12.1 Å². The van der Waals surface area contributed by atoms with Gasteiger partial charge in [-0.1, -0.05) is 36.4 Å². The van der Waals surface area contributed by atoms with Crippen molar-refractivity contribution >= 4 is 11.8 Å². The molecule has 3 aromatic carbocycles. The van der Waals surface area contributed by atoms with Crippen molar-refractivity contribution in [3.05, 3.63) is 94.8 Å². The molecule has 2 unspecified atom stereocenters. The molecule has 36 heavy (non-hydrogen) atoms. The average Bonchev–Trinajstić information content (AvgIpc) is 3.37. The van der Waals surface area contributed by atoms with Gasteiger partial charge in [0.15, 0.2) is 0 Å². The highest BCUT2D eigenvalue weighted by molar-refractivity contribution is 5.95. The molecule has 0 N–H and O–H groups in total. The molecule has 0 aromatic heterocycles. The highest BCUT2D eigenvalue weighted by atomic mass is 19.1. The zero-order chi connectivity index (χ0) is 25.2. The number of fused-ring (bicyclic) bond motifs is 1. The fourth-order valence-corrected chi connectivity index (χ4v) is 5.39. The van der Waals surface area contributed by atoms with Crippen LogP contribution >= 0.6 is 0 Å². The summed E-state index contributed by atoms with van der Waals surface area (Å²) in [5.41, 5.74) is 3.21. The van der Waals surface area contributed by atoms with E-state index in [1.54, 1.807) is 37.3 Å². The van der Waals surface area contributed by atoms with Gasteiger partial charge >= 0.3 is 0 Å². The molecule has 2 aliphatic rings. The maximum absolute atomic E-state index is 14.5. The van der Waals surface area contributed by atoms with Gasteiger partial charge in [0, 0.05) is 37.7 Å². The molecule has 3 aromatic rings. The lowest BCUT2D eigenvalue weighted by Gasteiger charge is -2.32. The Morgan fingerprint density at radius 2 is 1.64 bits per heavy atom. The van der Waals surface area contributed by atoms with Crippen LogP contribution in [0.5, 0.6) is 11.5 Å². The summed E-state index contributed by atoms with van der Waals surface area (Å²) in [6, 6.07) is 19.6. The Balaban J connectivity index is 1.49. The third-order valence-electron chi connectivity index (χ3n) is 7.31. The van der Waals surface area contributed by atoms with Gasteiger partial charge in [0.25, 0.3) is 5.91 Å². The van der Waals surface area contributed by atoms with E-state index in [4.69, 9.17) is 9.47 Å². The Morgan fingerprint density at radius 3 is 2.39 bits per heavy atom. The number of ether oxygens (including phenoxy) is 2. The predicted molar refractivity (Wildman–Crippen MR) is 134 cm³/mol. The maximum atomic E-state index is 14.5. The number of carbonyl (C=O) groups is 2. The van der Waals surface area contributed by atoms with Crippen LogP contribution in [0.25, 0.3) is 0 Å². The van der Waals surface area contributed by atoms with Crippen LogP contribution in [0, 0.1) is 11.7 Å². The lowest BCUT2D eigenvalue weighted by molar-refractivity contribution is -0.136. The first-order valence-corrected chi connectivity index (χ1v) is 12.1. The zero-order valence-electron chi connectivity index (χ0n) is 20.4. The minimum atomic E-state index is -0.569. The quantitative estimate of drug-likeness (QED) is 0.538. The van der Waals surface area contributed by atoms with Crippen molar-refractivity contribution in [2.75, 3.05) is 33.9 Å². The van der Waals surface area contributed by atoms with E-state index in [1.807, 2.05) is 29.2 Å². The van der Waals surface area contributed by atoms with Crippen molar-refractivity contribution in [3.8, 4) is 11.5 Å². The van der Waals surface area contributed by atoms with Crippen LogP contribution in [0.15, 0.2) is 66.7 Å². The Labute approximate surface area is 210 Å². The topological polar surface area (TPSA) is 59.1 Å². The highest BCUT2D eigenvalue weighted by Gasteiger charge is 2.44. The van der Waals surface area contributed by atoms with Crippen molar-refractivity contribution in [1.29, 1.82) is 0 Å². The van der Waals surface area contributed by atoms with Crippen LogP contribution in [-0.4, -0.2) is 55.5 Å². The Morgan fingerprint density at radius 1 is 0.889 bits per heavy atom. The smallest absolute Gasteiger partial charge is 0.256 e. The van der Waals surface area contributed by atoms with Gasteiger partial charge in [-0.15, -0.1) is 0 Å². The highest BCUT2D eigenvalue weighted by Crippen LogP contribution is 2.41. The van der Waals surface area contributed by atoms with Crippen molar-refractivity contribution in [1.82, 2.24) is 9.80 Å². The molecule has 1 saturated heterocycles. The molecule has 5 rings (SSSR count). The van der Waals surface area contributed by atoms with Crippen LogP contribution < -0.4 is 9.47 Å². The number of benzene rings is 3. The normalized spacial score (nSPS) is 19.1. The SMILES string of the molecule is COc1ccc(OC)c(C2CN(C(=O)c3ccccc3F)CC2C(=O)N2CCc3ccccc3C2)c1. The number of nitrogens with zero attached hydrogens (tertiary/aromatic N) is 2. The molecular weight excluding hydrogens is 459 g/mol. The third-order valence-corrected chi connectivity index (χ3v) is 7.31. The minimum Gasteiger partial charge on any atom is -0.497 e. The van der Waals surface area contributed by atoms with Gasteiger partial charge < -0.3 is 19.3 Å². The molecular formula is C29H29FN2O4. The van der Waals surface area contributed by atoms with E-state index in [9.17, 15) is 14.0 Å². The van der Waals surface area contributed by atoms with Gasteiger partial charge in [0.1, 0.15) is 17.3 Å². The van der Waals surface area contributed by atoms with Crippen molar-refractivity contribution in [2.45, 2.75) is 18.9 Å². The fraction of sp³-hybridized carbons (Fsp3) is 0.310. The molecule has 2 atom stereocenters. The van der Waals surface area contributed by atoms with Crippen molar-refractivity contribution in [3.63, 3.8) is 0 Å². The number of hydrogen-bond donors (Lipinski definition) is 0. The first-order chi connectivity index (χ1) is 17.5. The molecule has 2 heterocycles. The predicted octanol–water partition coefficient (Wildman–Crippen LogP) is 4.28. The fourth-order valence-electron chi connectivity index (χ4n) is 5.39. The van der Waals surface area contributed by atoms with E-state index in [-0.39, 0.29) is 30.5 Å². The number of rotatable bonds is 5. The monoisotopic (exact) mass is 488 g/mol. The summed E-state index contributed by atoms with van der Waals surface area (Å²) in [4.78, 5) is 30.8. The minimum absolute atomic E-state index is 0.00820. The Hall–Kier alpha value is -3.87. The van der Waals surface area contributed by atoms with Gasteiger partial charge in [-0.3, -0.25) is 9.59 Å². The largest absolute Gasteiger partial charge is 0.497 e. The molecule has 1 fully saturated rings. The Bertz CT molecular complexity index is 1290. The van der Waals surface area contributed by atoms with Crippen LogP contribution in [0.4, 0.5) is 4.39 Å². The summed E-state index contributed by atoms with van der Waals surface area (Å²) in [6.45, 7) is 1.64. The van der Waals surface area contributed by atoms with E-state index in [0.29, 0.717) is 24.6 Å². The molecule has 7 heteroatoms. The lowest BCUT2D eigenvalue weighted by atomic mass is 9.86. The second-order valence-corrected chi connectivity index (χ2v) is 9.29. The van der Waals surface area contributed by atoms with Crippen molar-refractivity contribution in [2.24, 2.45) is 5.92 Å². The summed E-state index contributed by atoms with van der Waals surface area (Å²) in [5.74, 6) is -0.545. The molecule has 0 spiro atoms. The molecule has 2 amide bonds.